The SMILES string of the molecule is CCc1cc2c(N3CCN(C(=O)CC(=O)NCc4cccnc4)CC3)ncnc2s1. The third kappa shape index (κ3) is 4.56. The van der Waals surface area contributed by atoms with Crippen LogP contribution < -0.4 is 10.2 Å². The Labute approximate surface area is 179 Å². The third-order valence-electron chi connectivity index (χ3n) is 5.16. The van der Waals surface area contributed by atoms with Gasteiger partial charge in [0.1, 0.15) is 23.4 Å². The molecule has 1 saturated heterocycles. The number of rotatable bonds is 6. The molecule has 9 heteroatoms. The van der Waals surface area contributed by atoms with Crippen LogP contribution in [-0.2, 0) is 22.6 Å². The molecule has 0 radical (unpaired) electrons. The minimum absolute atomic E-state index is 0.137. The van der Waals surface area contributed by atoms with E-state index in [1.807, 2.05) is 12.1 Å². The molecule has 3 aromatic rings. The number of aryl methyl sites for hydroxylation is 1. The summed E-state index contributed by atoms with van der Waals surface area (Å²) in [6, 6.07) is 5.87. The lowest BCUT2D eigenvalue weighted by Crippen LogP contribution is -2.49. The van der Waals surface area contributed by atoms with Crippen LogP contribution in [0.1, 0.15) is 23.8 Å². The van der Waals surface area contributed by atoms with Crippen molar-refractivity contribution in [1.82, 2.24) is 25.2 Å². The van der Waals surface area contributed by atoms with Gasteiger partial charge in [-0.05, 0) is 24.1 Å². The first-order valence-electron chi connectivity index (χ1n) is 10.1. The van der Waals surface area contributed by atoms with E-state index in [9.17, 15) is 9.59 Å². The van der Waals surface area contributed by atoms with E-state index in [4.69, 9.17) is 0 Å². The predicted octanol–water partition coefficient (Wildman–Crippen LogP) is 2.00. The Morgan fingerprint density at radius 1 is 1.20 bits per heavy atom. The Bertz CT molecular complexity index is 1030. The molecule has 0 saturated carbocycles. The topological polar surface area (TPSA) is 91.3 Å². The predicted molar refractivity (Wildman–Crippen MR) is 116 cm³/mol. The van der Waals surface area contributed by atoms with Gasteiger partial charge in [0.05, 0.1) is 5.39 Å². The second kappa shape index (κ2) is 9.17. The number of aromatic nitrogens is 3. The third-order valence-corrected chi connectivity index (χ3v) is 6.35. The normalized spacial score (nSPS) is 14.2. The summed E-state index contributed by atoms with van der Waals surface area (Å²) in [7, 11) is 0. The molecule has 8 nitrogen and oxygen atoms in total. The average Bonchev–Trinajstić information content (AvgIpc) is 3.22. The number of anilines is 1. The molecule has 30 heavy (non-hydrogen) atoms. The number of thiophene rings is 1. The summed E-state index contributed by atoms with van der Waals surface area (Å²) in [5.41, 5.74) is 0.905. The molecule has 1 aliphatic rings. The Morgan fingerprint density at radius 2 is 2.03 bits per heavy atom. The van der Waals surface area contributed by atoms with Gasteiger partial charge in [-0.25, -0.2) is 9.97 Å². The Morgan fingerprint density at radius 3 is 2.77 bits per heavy atom. The molecule has 3 aromatic heterocycles. The molecular formula is C21H24N6O2S. The van der Waals surface area contributed by atoms with Gasteiger partial charge >= 0.3 is 0 Å². The second-order valence-corrected chi connectivity index (χ2v) is 8.28. The summed E-state index contributed by atoms with van der Waals surface area (Å²) >= 11 is 1.70. The van der Waals surface area contributed by atoms with E-state index < -0.39 is 0 Å². The lowest BCUT2D eigenvalue weighted by molar-refractivity contribution is -0.136. The van der Waals surface area contributed by atoms with Gasteiger partial charge in [0.2, 0.25) is 11.8 Å². The Balaban J connectivity index is 1.30. The van der Waals surface area contributed by atoms with Crippen LogP contribution in [0.25, 0.3) is 10.2 Å². The van der Waals surface area contributed by atoms with Crippen LogP contribution in [0.4, 0.5) is 5.82 Å². The van der Waals surface area contributed by atoms with E-state index in [1.165, 1.54) is 4.88 Å². The first kappa shape index (κ1) is 20.2. The van der Waals surface area contributed by atoms with Crippen molar-refractivity contribution in [2.24, 2.45) is 0 Å². The van der Waals surface area contributed by atoms with Crippen LogP contribution in [-0.4, -0.2) is 57.8 Å². The number of nitrogens with one attached hydrogen (secondary N) is 1. The van der Waals surface area contributed by atoms with Crippen molar-refractivity contribution in [2.45, 2.75) is 26.3 Å². The maximum Gasteiger partial charge on any atom is 0.232 e. The molecule has 4 heterocycles. The van der Waals surface area contributed by atoms with E-state index in [0.29, 0.717) is 32.7 Å². The molecule has 156 valence electrons. The monoisotopic (exact) mass is 424 g/mol. The van der Waals surface area contributed by atoms with Crippen molar-refractivity contribution in [3.8, 4) is 0 Å². The zero-order valence-electron chi connectivity index (χ0n) is 16.9. The molecule has 1 N–H and O–H groups in total. The molecule has 4 rings (SSSR count). The highest BCUT2D eigenvalue weighted by atomic mass is 32.1. The van der Waals surface area contributed by atoms with Crippen molar-refractivity contribution in [3.63, 3.8) is 0 Å². The van der Waals surface area contributed by atoms with Crippen LogP contribution in [0.3, 0.4) is 0 Å². The Hall–Kier alpha value is -3.07. The summed E-state index contributed by atoms with van der Waals surface area (Å²) in [5.74, 6) is 0.515. The Kier molecular flexibility index (Phi) is 6.18. The minimum Gasteiger partial charge on any atom is -0.352 e. The molecule has 0 spiro atoms. The lowest BCUT2D eigenvalue weighted by atomic mass is 10.2. The standard InChI is InChI=1S/C21H24N6O2S/c1-2-16-10-17-20(24-14-25-21(17)30-16)27-8-6-26(7-9-27)19(29)11-18(28)23-13-15-4-3-5-22-12-15/h3-5,10,12,14H,2,6-9,11,13H2,1H3,(H,23,28). The fourth-order valence-electron chi connectivity index (χ4n) is 3.50. The van der Waals surface area contributed by atoms with Gasteiger partial charge < -0.3 is 15.1 Å². The van der Waals surface area contributed by atoms with E-state index >= 15 is 0 Å². The number of fused-ring (bicyclic) bond motifs is 1. The van der Waals surface area contributed by atoms with Crippen molar-refractivity contribution in [1.29, 1.82) is 0 Å². The highest BCUT2D eigenvalue weighted by molar-refractivity contribution is 7.18. The number of piperazine rings is 1. The number of hydrogen-bond acceptors (Lipinski definition) is 7. The fraction of sp³-hybridized carbons (Fsp3) is 0.381. The summed E-state index contributed by atoms with van der Waals surface area (Å²) in [6.45, 7) is 5.03. The fourth-order valence-corrected chi connectivity index (χ4v) is 4.43. The molecular weight excluding hydrogens is 400 g/mol. The number of amides is 2. The van der Waals surface area contributed by atoms with Gasteiger partial charge in [-0.2, -0.15) is 0 Å². The van der Waals surface area contributed by atoms with Crippen LogP contribution >= 0.6 is 11.3 Å². The number of nitrogens with zero attached hydrogens (tertiary/aromatic N) is 5. The van der Waals surface area contributed by atoms with Crippen LogP contribution in [0.2, 0.25) is 0 Å². The van der Waals surface area contributed by atoms with E-state index in [-0.39, 0.29) is 18.2 Å². The highest BCUT2D eigenvalue weighted by Gasteiger charge is 2.24. The number of carbonyl (C=O) groups excluding carboxylic acids is 2. The van der Waals surface area contributed by atoms with Crippen LogP contribution in [0, 0.1) is 0 Å². The molecule has 1 aliphatic heterocycles. The van der Waals surface area contributed by atoms with Gasteiger partial charge in [-0.3, -0.25) is 14.6 Å². The van der Waals surface area contributed by atoms with Crippen molar-refractivity contribution < 1.29 is 9.59 Å². The summed E-state index contributed by atoms with van der Waals surface area (Å²) in [6.07, 6.45) is 5.83. The maximum absolute atomic E-state index is 12.5. The average molecular weight is 425 g/mol. The van der Waals surface area contributed by atoms with Crippen LogP contribution in [0.15, 0.2) is 36.9 Å². The molecule has 0 unspecified atom stereocenters. The smallest absolute Gasteiger partial charge is 0.232 e. The van der Waals surface area contributed by atoms with Gasteiger partial charge in [-0.15, -0.1) is 11.3 Å². The molecule has 0 aliphatic carbocycles. The zero-order chi connectivity index (χ0) is 20.9. The van der Waals surface area contributed by atoms with Crippen LogP contribution in [0.5, 0.6) is 0 Å². The summed E-state index contributed by atoms with van der Waals surface area (Å²) in [4.78, 5) is 43.8. The number of pyridine rings is 1. The van der Waals surface area contributed by atoms with E-state index in [0.717, 1.165) is 28.0 Å². The second-order valence-electron chi connectivity index (χ2n) is 7.16. The molecule has 1 fully saturated rings. The largest absolute Gasteiger partial charge is 0.352 e. The minimum atomic E-state index is -0.269. The van der Waals surface area contributed by atoms with Gasteiger partial charge in [0.25, 0.3) is 0 Å². The van der Waals surface area contributed by atoms with Crippen molar-refractivity contribution in [2.75, 3.05) is 31.1 Å². The molecule has 0 atom stereocenters. The zero-order valence-corrected chi connectivity index (χ0v) is 17.7. The first-order chi connectivity index (χ1) is 14.6. The van der Waals surface area contributed by atoms with Gasteiger partial charge in [0, 0.05) is 50.0 Å². The van der Waals surface area contributed by atoms with E-state index in [2.05, 4.69) is 38.2 Å². The van der Waals surface area contributed by atoms with Gasteiger partial charge in [0.15, 0.2) is 0 Å². The summed E-state index contributed by atoms with van der Waals surface area (Å²) in [5, 5.41) is 3.86. The number of carbonyl (C=O) groups is 2. The number of hydrogen-bond donors (Lipinski definition) is 1. The molecule has 0 aromatic carbocycles. The lowest BCUT2D eigenvalue weighted by Gasteiger charge is -2.35. The first-order valence-corrected chi connectivity index (χ1v) is 10.9. The highest BCUT2D eigenvalue weighted by Crippen LogP contribution is 2.30. The van der Waals surface area contributed by atoms with Crippen molar-refractivity contribution >= 4 is 39.2 Å². The summed E-state index contributed by atoms with van der Waals surface area (Å²) < 4.78 is 0. The van der Waals surface area contributed by atoms with E-state index in [1.54, 1.807) is 35.0 Å². The molecule has 2 amide bonds. The quantitative estimate of drug-likeness (QED) is 0.609. The molecule has 0 bridgehead atoms. The van der Waals surface area contributed by atoms with Gasteiger partial charge in [-0.1, -0.05) is 13.0 Å². The van der Waals surface area contributed by atoms with Crippen molar-refractivity contribution in [3.05, 3.63) is 47.4 Å². The maximum atomic E-state index is 12.5.